The Morgan fingerprint density at radius 1 is 0.923 bits per heavy atom. The predicted octanol–water partition coefficient (Wildman–Crippen LogP) is 3.61. The van der Waals surface area contributed by atoms with Gasteiger partial charge in [0.05, 0.1) is 32.8 Å². The number of carbonyl (C=O) groups excluding carboxylic acids is 3. The van der Waals surface area contributed by atoms with Gasteiger partial charge in [-0.25, -0.2) is 17.5 Å². The molecule has 0 aliphatic carbocycles. The van der Waals surface area contributed by atoms with Gasteiger partial charge in [0.15, 0.2) is 16.3 Å². The van der Waals surface area contributed by atoms with Gasteiger partial charge in [-0.15, -0.1) is 0 Å². The molecule has 2 amide bonds. The number of alkyl halides is 3. The minimum Gasteiger partial charge on any atom is -0.731 e. The van der Waals surface area contributed by atoms with Crippen molar-refractivity contribution in [2.24, 2.45) is 0 Å². The number of nitrogens with zero attached hydrogens (tertiary/aromatic N) is 3. The molecule has 0 saturated carbocycles. The van der Waals surface area contributed by atoms with E-state index in [0.29, 0.717) is 7.05 Å². The Bertz CT molecular complexity index is 847. The van der Waals surface area contributed by atoms with Gasteiger partial charge >= 0.3 is 18.1 Å². The second-order valence-electron chi connectivity index (χ2n) is 9.80. The van der Waals surface area contributed by atoms with Crippen LogP contribution in [0.5, 0.6) is 0 Å². The maximum absolute atomic E-state index is 12.3. The molecule has 1 aliphatic heterocycles. The van der Waals surface area contributed by atoms with Crippen LogP contribution in [-0.2, 0) is 29.4 Å². The molecule has 0 radical (unpaired) electrons. The first-order chi connectivity index (χ1) is 18.1. The maximum atomic E-state index is 12.3. The lowest BCUT2D eigenvalue weighted by Crippen LogP contribution is -2.75. The van der Waals surface area contributed by atoms with Crippen molar-refractivity contribution in [1.82, 2.24) is 9.21 Å². The largest absolute Gasteiger partial charge is 0.731 e. The van der Waals surface area contributed by atoms with Crippen molar-refractivity contribution in [2.45, 2.75) is 104 Å². The van der Waals surface area contributed by atoms with E-state index >= 15 is 0 Å². The lowest BCUT2D eigenvalue weighted by molar-refractivity contribution is -0.929. The number of hydrogen-bond donors (Lipinski definition) is 0. The van der Waals surface area contributed by atoms with Crippen LogP contribution >= 0.6 is 0 Å². The van der Waals surface area contributed by atoms with Gasteiger partial charge in [-0.1, -0.05) is 53.4 Å². The lowest BCUT2D eigenvalue weighted by atomic mass is 9.97. The van der Waals surface area contributed by atoms with E-state index < -0.39 is 50.7 Å². The van der Waals surface area contributed by atoms with Crippen LogP contribution in [0.4, 0.5) is 13.2 Å². The zero-order valence-corrected chi connectivity index (χ0v) is 24.9. The Labute approximate surface area is 231 Å². The third kappa shape index (κ3) is 11.2. The zero-order valence-electron chi connectivity index (χ0n) is 24.1. The van der Waals surface area contributed by atoms with Gasteiger partial charge in [-0.3, -0.25) is 9.59 Å². The summed E-state index contributed by atoms with van der Waals surface area (Å²) in [7, 11) is -4.89. The molecule has 0 aromatic heterocycles. The highest BCUT2D eigenvalue weighted by atomic mass is 32.2. The van der Waals surface area contributed by atoms with E-state index in [-0.39, 0.29) is 11.5 Å². The van der Waals surface area contributed by atoms with E-state index in [0.717, 1.165) is 0 Å². The molecule has 0 bridgehead atoms. The van der Waals surface area contributed by atoms with Crippen LogP contribution in [0, 0.1) is 0 Å². The summed E-state index contributed by atoms with van der Waals surface area (Å²) < 4.78 is 75.1. The van der Waals surface area contributed by atoms with E-state index in [1.807, 2.05) is 0 Å². The number of likely N-dealkylation sites (N-methyl/N-ethyl adjacent to an activating group) is 1. The minimum atomic E-state index is -5.44. The Kier molecular flexibility index (Phi) is 16.2. The summed E-state index contributed by atoms with van der Waals surface area (Å²) in [5, 5.41) is 0. The molecule has 1 saturated heterocycles. The average Bonchev–Trinajstić information content (AvgIpc) is 2.84. The van der Waals surface area contributed by atoms with Crippen molar-refractivity contribution in [3.8, 4) is 0 Å². The second kappa shape index (κ2) is 17.0. The number of halogens is 3. The standard InChI is InChI=1S/C16H36N.C9H11F3N2O7S/c1-5-9-13-17(14-10-6-2,15-11-7-3)16-12-8-4;1-3-21-7(16)5-4(6(15)14(5)22(18,19)20)13(2)8(17)9(10,11)12/h5-16H2,1-4H3;4-5H,3H2,1-2H3,(H,18,19,20)/q+1;/p-1. The van der Waals surface area contributed by atoms with Crippen molar-refractivity contribution in [3.63, 3.8) is 0 Å². The smallest absolute Gasteiger partial charge is 0.471 e. The molecule has 0 spiro atoms. The number of hydrogen-bond acceptors (Lipinski definition) is 7. The number of β-lactam (4-membered cyclic amide) rings is 1. The Balaban J connectivity index is 0.000000768. The molecule has 10 nitrogen and oxygen atoms in total. The first-order valence-electron chi connectivity index (χ1n) is 13.7. The highest BCUT2D eigenvalue weighted by molar-refractivity contribution is 7.84. The summed E-state index contributed by atoms with van der Waals surface area (Å²) >= 11 is 0. The molecule has 1 fully saturated rings. The highest BCUT2D eigenvalue weighted by Gasteiger charge is 2.60. The van der Waals surface area contributed by atoms with Crippen LogP contribution in [0.1, 0.15) is 86.0 Å². The summed E-state index contributed by atoms with van der Waals surface area (Å²) in [6.45, 7) is 16.1. The molecule has 39 heavy (non-hydrogen) atoms. The quantitative estimate of drug-likeness (QED) is 0.117. The fourth-order valence-corrected chi connectivity index (χ4v) is 5.31. The maximum Gasteiger partial charge on any atom is 0.471 e. The Morgan fingerprint density at radius 3 is 1.59 bits per heavy atom. The molecular weight excluding hydrogens is 543 g/mol. The van der Waals surface area contributed by atoms with Crippen molar-refractivity contribution < 1.29 is 49.7 Å². The fraction of sp³-hybridized carbons (Fsp3) is 0.880. The molecule has 1 rings (SSSR count). The monoisotopic (exact) mass is 589 g/mol. The SMILES string of the molecule is CCCC[N+](CCCC)(CCCC)CCCC.CCOC(=O)C1C(N(C)C(=O)C(F)(F)F)C(=O)N1S(=O)(=O)[O-]. The van der Waals surface area contributed by atoms with Crippen LogP contribution in [0.25, 0.3) is 0 Å². The molecule has 2 unspecified atom stereocenters. The number of unbranched alkanes of at least 4 members (excludes halogenated alkanes) is 4. The van der Waals surface area contributed by atoms with Crippen LogP contribution in [0.3, 0.4) is 0 Å². The van der Waals surface area contributed by atoms with E-state index in [2.05, 4.69) is 32.4 Å². The van der Waals surface area contributed by atoms with Gasteiger partial charge < -0.3 is 18.7 Å². The average molecular weight is 590 g/mol. The van der Waals surface area contributed by atoms with Crippen LogP contribution in [-0.4, -0.2) is 103 Å². The second-order valence-corrected chi connectivity index (χ2v) is 11.0. The van der Waals surface area contributed by atoms with E-state index in [9.17, 15) is 40.5 Å². The van der Waals surface area contributed by atoms with Crippen LogP contribution < -0.4 is 0 Å². The molecular formula is C25H46F3N3O7S. The number of quaternary nitrogens is 1. The number of rotatable bonds is 16. The van der Waals surface area contributed by atoms with E-state index in [1.165, 1.54) is 89.0 Å². The Morgan fingerprint density at radius 2 is 1.31 bits per heavy atom. The predicted molar refractivity (Wildman–Crippen MR) is 139 cm³/mol. The third-order valence-corrected chi connectivity index (χ3v) is 7.60. The summed E-state index contributed by atoms with van der Waals surface area (Å²) in [6.07, 6.45) is 5.72. The van der Waals surface area contributed by atoms with Gasteiger partial charge in [0.2, 0.25) is 0 Å². The molecule has 1 aliphatic rings. The van der Waals surface area contributed by atoms with Gasteiger partial charge in [-0.2, -0.15) is 13.2 Å². The molecule has 230 valence electrons. The summed E-state index contributed by atoms with van der Waals surface area (Å²) in [5.74, 6) is -5.50. The summed E-state index contributed by atoms with van der Waals surface area (Å²) in [6, 6.07) is -4.23. The summed E-state index contributed by atoms with van der Waals surface area (Å²) in [4.78, 5) is 34.1. The Hall–Kier alpha value is -1.93. The molecule has 0 aromatic rings. The number of ether oxygens (including phenoxy) is 1. The summed E-state index contributed by atoms with van der Waals surface area (Å²) in [5.41, 5.74) is 0. The first kappa shape index (κ1) is 37.1. The zero-order chi connectivity index (χ0) is 30.4. The molecule has 0 N–H and O–H groups in total. The van der Waals surface area contributed by atoms with Crippen molar-refractivity contribution in [3.05, 3.63) is 0 Å². The van der Waals surface area contributed by atoms with Gasteiger partial charge in [0.1, 0.15) is 6.04 Å². The van der Waals surface area contributed by atoms with E-state index in [4.69, 9.17) is 0 Å². The molecule has 0 aromatic carbocycles. The van der Waals surface area contributed by atoms with E-state index in [1.54, 1.807) is 0 Å². The molecule has 14 heteroatoms. The minimum absolute atomic E-state index is 0.147. The fourth-order valence-electron chi connectivity index (χ4n) is 4.50. The normalized spacial score (nSPS) is 17.7. The lowest BCUT2D eigenvalue weighted by Gasteiger charge is -2.48. The number of carbonyl (C=O) groups is 3. The van der Waals surface area contributed by atoms with Gasteiger partial charge in [-0.05, 0) is 32.6 Å². The molecule has 1 heterocycles. The van der Waals surface area contributed by atoms with Gasteiger partial charge in [0.25, 0.3) is 5.91 Å². The first-order valence-corrected chi connectivity index (χ1v) is 15.1. The highest BCUT2D eigenvalue weighted by Crippen LogP contribution is 2.31. The van der Waals surface area contributed by atoms with Crippen molar-refractivity contribution in [2.75, 3.05) is 39.8 Å². The van der Waals surface area contributed by atoms with Crippen LogP contribution in [0.2, 0.25) is 0 Å². The topological polar surface area (TPSA) is 124 Å². The van der Waals surface area contributed by atoms with Gasteiger partial charge in [0, 0.05) is 7.05 Å². The van der Waals surface area contributed by atoms with Crippen molar-refractivity contribution >= 4 is 28.1 Å². The number of esters is 1. The number of amides is 2. The van der Waals surface area contributed by atoms with Crippen LogP contribution in [0.15, 0.2) is 0 Å². The molecule has 2 atom stereocenters. The van der Waals surface area contributed by atoms with Crippen molar-refractivity contribution in [1.29, 1.82) is 0 Å². The third-order valence-electron chi connectivity index (χ3n) is 6.72.